The quantitative estimate of drug-likeness (QED) is 0.787. The smallest absolute Gasteiger partial charge is 0.371 e. The molecule has 0 fully saturated rings. The van der Waals surface area contributed by atoms with Gasteiger partial charge in [-0.25, -0.2) is 4.79 Å². The molecule has 0 radical (unpaired) electrons. The Morgan fingerprint density at radius 1 is 1.25 bits per heavy atom. The number of nitrogens with zero attached hydrogens (tertiary/aromatic N) is 1. The maximum absolute atomic E-state index is 10.7. The number of aromatic nitrogens is 1. The van der Waals surface area contributed by atoms with Crippen molar-refractivity contribution in [2.75, 3.05) is 0 Å². The first-order valence-electron chi connectivity index (χ1n) is 6.02. The summed E-state index contributed by atoms with van der Waals surface area (Å²) in [6.07, 6.45) is 1.72. The number of fused-ring (bicyclic) bond motifs is 1. The molecule has 0 amide bonds. The second-order valence-corrected chi connectivity index (χ2v) is 4.22. The van der Waals surface area contributed by atoms with E-state index in [1.165, 1.54) is 6.07 Å². The summed E-state index contributed by atoms with van der Waals surface area (Å²) in [5, 5.41) is 9.79. The van der Waals surface area contributed by atoms with E-state index in [9.17, 15) is 4.79 Å². The van der Waals surface area contributed by atoms with Crippen LogP contribution in [0.1, 0.15) is 16.3 Å². The van der Waals surface area contributed by atoms with Gasteiger partial charge in [-0.15, -0.1) is 0 Å². The average Bonchev–Trinajstić information content (AvgIpc) is 2.94. The van der Waals surface area contributed by atoms with Gasteiger partial charge in [0.1, 0.15) is 18.1 Å². The van der Waals surface area contributed by atoms with Crippen molar-refractivity contribution >= 4 is 16.9 Å². The number of benzene rings is 1. The molecule has 5 heteroatoms. The van der Waals surface area contributed by atoms with E-state index in [-0.39, 0.29) is 12.4 Å². The van der Waals surface area contributed by atoms with Gasteiger partial charge in [0.2, 0.25) is 5.76 Å². The number of ether oxygens (including phenoxy) is 1. The Hall–Kier alpha value is -2.82. The fourth-order valence-electron chi connectivity index (χ4n) is 1.86. The molecule has 3 rings (SSSR count). The minimum Gasteiger partial charge on any atom is -0.486 e. The van der Waals surface area contributed by atoms with Crippen LogP contribution in [0.2, 0.25) is 0 Å². The minimum absolute atomic E-state index is 0.0937. The topological polar surface area (TPSA) is 72.6 Å². The van der Waals surface area contributed by atoms with Crippen LogP contribution in [0.5, 0.6) is 5.75 Å². The predicted octanol–water partition coefficient (Wildman–Crippen LogP) is 3.11. The maximum Gasteiger partial charge on any atom is 0.371 e. The van der Waals surface area contributed by atoms with Crippen molar-refractivity contribution in [2.24, 2.45) is 0 Å². The van der Waals surface area contributed by atoms with Crippen molar-refractivity contribution in [3.05, 3.63) is 60.2 Å². The lowest BCUT2D eigenvalue weighted by Crippen LogP contribution is -1.95. The van der Waals surface area contributed by atoms with E-state index >= 15 is 0 Å². The molecule has 20 heavy (non-hydrogen) atoms. The fourth-order valence-corrected chi connectivity index (χ4v) is 1.86. The third-order valence-corrected chi connectivity index (χ3v) is 2.83. The molecule has 1 N–H and O–H groups in total. The molecule has 0 saturated carbocycles. The van der Waals surface area contributed by atoms with Crippen LogP contribution >= 0.6 is 0 Å². The van der Waals surface area contributed by atoms with Gasteiger partial charge in [0, 0.05) is 17.6 Å². The summed E-state index contributed by atoms with van der Waals surface area (Å²) in [4.78, 5) is 14.9. The molecule has 0 unspecified atom stereocenters. The van der Waals surface area contributed by atoms with Gasteiger partial charge < -0.3 is 14.3 Å². The van der Waals surface area contributed by atoms with Gasteiger partial charge >= 0.3 is 5.97 Å². The van der Waals surface area contributed by atoms with E-state index in [1.807, 2.05) is 30.3 Å². The lowest BCUT2D eigenvalue weighted by Gasteiger charge is -2.05. The van der Waals surface area contributed by atoms with Gasteiger partial charge in [-0.1, -0.05) is 6.07 Å². The van der Waals surface area contributed by atoms with Crippen molar-refractivity contribution in [2.45, 2.75) is 6.61 Å². The molecule has 2 heterocycles. The fraction of sp³-hybridized carbons (Fsp3) is 0.0667. The molecule has 3 aromatic rings. The molecule has 5 nitrogen and oxygen atoms in total. The third kappa shape index (κ3) is 2.47. The van der Waals surface area contributed by atoms with Gasteiger partial charge in [0.15, 0.2) is 0 Å². The number of furan rings is 1. The van der Waals surface area contributed by atoms with Gasteiger partial charge in [-0.3, -0.25) is 4.98 Å². The van der Waals surface area contributed by atoms with Crippen LogP contribution < -0.4 is 4.74 Å². The normalized spacial score (nSPS) is 10.6. The molecule has 0 bridgehead atoms. The van der Waals surface area contributed by atoms with Crippen LogP contribution in [0, 0.1) is 0 Å². The van der Waals surface area contributed by atoms with E-state index < -0.39 is 5.97 Å². The summed E-state index contributed by atoms with van der Waals surface area (Å²) in [6.45, 7) is 0.172. The molecule has 0 atom stereocenters. The summed E-state index contributed by atoms with van der Waals surface area (Å²) in [5.74, 6) is -0.0667. The second kappa shape index (κ2) is 5.05. The Morgan fingerprint density at radius 3 is 2.95 bits per heavy atom. The third-order valence-electron chi connectivity index (χ3n) is 2.83. The molecule has 0 aliphatic carbocycles. The van der Waals surface area contributed by atoms with Crippen LogP contribution in [0.25, 0.3) is 10.9 Å². The first-order valence-corrected chi connectivity index (χ1v) is 6.02. The van der Waals surface area contributed by atoms with E-state index in [1.54, 1.807) is 12.3 Å². The van der Waals surface area contributed by atoms with Crippen LogP contribution in [0.4, 0.5) is 0 Å². The van der Waals surface area contributed by atoms with Gasteiger partial charge in [-0.05, 0) is 30.3 Å². The van der Waals surface area contributed by atoms with Crippen LogP contribution in [0.3, 0.4) is 0 Å². The molecule has 0 aliphatic heterocycles. The first-order chi connectivity index (χ1) is 9.72. The zero-order chi connectivity index (χ0) is 13.9. The molecular formula is C15H11NO4. The Labute approximate surface area is 114 Å². The molecule has 100 valence electrons. The average molecular weight is 269 g/mol. The molecule has 1 aromatic carbocycles. The highest BCUT2D eigenvalue weighted by Crippen LogP contribution is 2.20. The molecule has 2 aromatic heterocycles. The number of pyridine rings is 1. The molecule has 0 aliphatic rings. The van der Waals surface area contributed by atoms with E-state index in [0.29, 0.717) is 11.5 Å². The van der Waals surface area contributed by atoms with Gasteiger partial charge in [0.25, 0.3) is 0 Å². The number of aromatic carboxylic acids is 1. The zero-order valence-corrected chi connectivity index (χ0v) is 10.4. The Kier molecular flexibility index (Phi) is 3.09. The number of carboxylic acids is 1. The highest BCUT2D eigenvalue weighted by Gasteiger charge is 2.09. The number of hydrogen-bond donors (Lipinski definition) is 1. The van der Waals surface area contributed by atoms with Crippen molar-refractivity contribution in [3.8, 4) is 5.75 Å². The molecule has 0 saturated heterocycles. The maximum atomic E-state index is 10.7. The van der Waals surface area contributed by atoms with Crippen molar-refractivity contribution in [1.29, 1.82) is 0 Å². The minimum atomic E-state index is -1.09. The Morgan fingerprint density at radius 2 is 2.15 bits per heavy atom. The van der Waals surface area contributed by atoms with E-state index in [4.69, 9.17) is 14.3 Å². The van der Waals surface area contributed by atoms with E-state index in [2.05, 4.69) is 4.98 Å². The second-order valence-electron chi connectivity index (χ2n) is 4.22. The summed E-state index contributed by atoms with van der Waals surface area (Å²) in [6, 6.07) is 12.4. The molecular weight excluding hydrogens is 258 g/mol. The predicted molar refractivity (Wildman–Crippen MR) is 71.7 cm³/mol. The Balaban J connectivity index is 1.74. The summed E-state index contributed by atoms with van der Waals surface area (Å²) in [7, 11) is 0. The van der Waals surface area contributed by atoms with Crippen LogP contribution in [-0.4, -0.2) is 16.1 Å². The monoisotopic (exact) mass is 269 g/mol. The lowest BCUT2D eigenvalue weighted by atomic mass is 10.2. The van der Waals surface area contributed by atoms with Crippen LogP contribution in [0.15, 0.2) is 53.1 Å². The van der Waals surface area contributed by atoms with Crippen molar-refractivity contribution < 1.29 is 19.1 Å². The lowest BCUT2D eigenvalue weighted by molar-refractivity contribution is 0.0658. The standard InChI is InChI=1S/C15H11NO4/c17-15(18)14-6-5-12(20-14)9-19-11-4-3-10-2-1-7-16-13(10)8-11/h1-8H,9H2,(H,17,18). The van der Waals surface area contributed by atoms with E-state index in [0.717, 1.165) is 10.9 Å². The highest BCUT2D eigenvalue weighted by molar-refractivity contribution is 5.84. The number of hydrogen-bond acceptors (Lipinski definition) is 4. The summed E-state index contributed by atoms with van der Waals surface area (Å²) >= 11 is 0. The summed E-state index contributed by atoms with van der Waals surface area (Å²) in [5.41, 5.74) is 0.843. The number of carbonyl (C=O) groups is 1. The summed E-state index contributed by atoms with van der Waals surface area (Å²) < 4.78 is 10.7. The molecule has 0 spiro atoms. The van der Waals surface area contributed by atoms with Crippen LogP contribution in [-0.2, 0) is 6.61 Å². The van der Waals surface area contributed by atoms with Crippen molar-refractivity contribution in [1.82, 2.24) is 4.98 Å². The van der Waals surface area contributed by atoms with Gasteiger partial charge in [-0.2, -0.15) is 0 Å². The van der Waals surface area contributed by atoms with Crippen molar-refractivity contribution in [3.63, 3.8) is 0 Å². The van der Waals surface area contributed by atoms with Gasteiger partial charge in [0.05, 0.1) is 5.52 Å². The zero-order valence-electron chi connectivity index (χ0n) is 10.4. The first kappa shape index (κ1) is 12.2. The highest BCUT2D eigenvalue weighted by atomic mass is 16.5. The SMILES string of the molecule is O=C(O)c1ccc(COc2ccc3cccnc3c2)o1. The largest absolute Gasteiger partial charge is 0.486 e. The Bertz CT molecular complexity index is 763. The number of carboxylic acid groups (broad SMARTS) is 1. The number of rotatable bonds is 4.